The number of aromatic nitrogens is 3. The largest absolute Gasteiger partial charge is 0.488 e. The zero-order valence-electron chi connectivity index (χ0n) is 21.1. The third-order valence-electron chi connectivity index (χ3n) is 6.91. The number of aliphatic carboxylic acids is 1. The molecule has 0 radical (unpaired) electrons. The third-order valence-corrected chi connectivity index (χ3v) is 9.13. The average Bonchev–Trinajstić information content (AvgIpc) is 3.21. The number of carboxylic acid groups (broad SMARTS) is 1. The molecule has 1 N–H and O–H groups in total. The number of rotatable bonds is 6. The van der Waals surface area contributed by atoms with Gasteiger partial charge in [0.2, 0.25) is 10.0 Å². The summed E-state index contributed by atoms with van der Waals surface area (Å²) in [6.45, 7) is 3.87. The summed E-state index contributed by atoms with van der Waals surface area (Å²) in [6.07, 6.45) is -0.537. The summed E-state index contributed by atoms with van der Waals surface area (Å²) < 4.78 is 36.0. The number of nitrogens with zero attached hydrogens (tertiary/aromatic N) is 4. The lowest BCUT2D eigenvalue weighted by atomic mass is 9.85. The molecule has 3 aromatic carbocycles. The number of fused-ring (bicyclic) bond motifs is 2. The van der Waals surface area contributed by atoms with Crippen LogP contribution in [-0.4, -0.2) is 51.4 Å². The van der Waals surface area contributed by atoms with Crippen molar-refractivity contribution in [1.29, 1.82) is 0 Å². The van der Waals surface area contributed by atoms with Crippen molar-refractivity contribution < 1.29 is 23.1 Å². The van der Waals surface area contributed by atoms with Crippen LogP contribution < -0.4 is 4.74 Å². The van der Waals surface area contributed by atoms with Gasteiger partial charge in [-0.2, -0.15) is 4.31 Å². The quantitative estimate of drug-likeness (QED) is 0.373. The van der Waals surface area contributed by atoms with Crippen molar-refractivity contribution >= 4 is 38.6 Å². The van der Waals surface area contributed by atoms with Crippen molar-refractivity contribution in [2.75, 3.05) is 6.54 Å². The molecule has 2 heterocycles. The summed E-state index contributed by atoms with van der Waals surface area (Å²) in [5, 5.41) is 18.5. The fourth-order valence-electron chi connectivity index (χ4n) is 5.02. The highest BCUT2D eigenvalue weighted by Crippen LogP contribution is 2.36. The van der Waals surface area contributed by atoms with Gasteiger partial charge in [-0.3, -0.25) is 4.79 Å². The van der Waals surface area contributed by atoms with Gasteiger partial charge in [0, 0.05) is 24.5 Å². The van der Waals surface area contributed by atoms with Crippen molar-refractivity contribution in [3.8, 4) is 5.75 Å². The summed E-state index contributed by atoms with van der Waals surface area (Å²) in [6, 6.07) is 15.6. The van der Waals surface area contributed by atoms with Gasteiger partial charge in [0.25, 0.3) is 0 Å². The molecule has 38 heavy (non-hydrogen) atoms. The van der Waals surface area contributed by atoms with Crippen LogP contribution in [-0.2, 0) is 28.4 Å². The monoisotopic (exact) mass is 554 g/mol. The Morgan fingerprint density at radius 1 is 1.21 bits per heavy atom. The molecule has 0 saturated heterocycles. The minimum atomic E-state index is -3.86. The minimum absolute atomic E-state index is 0.0129. The number of carboxylic acids is 1. The Balaban J connectivity index is 1.56. The summed E-state index contributed by atoms with van der Waals surface area (Å²) >= 11 is 6.56. The molecule has 2 atom stereocenters. The van der Waals surface area contributed by atoms with E-state index in [-0.39, 0.29) is 30.5 Å². The Morgan fingerprint density at radius 2 is 1.97 bits per heavy atom. The van der Waals surface area contributed by atoms with Gasteiger partial charge < -0.3 is 9.84 Å². The van der Waals surface area contributed by atoms with E-state index < -0.39 is 21.9 Å². The number of para-hydroxylation sites is 1. The van der Waals surface area contributed by atoms with E-state index in [1.54, 1.807) is 48.1 Å². The number of ether oxygens (including phenoxy) is 1. The maximum Gasteiger partial charge on any atom is 0.304 e. The molecule has 1 aromatic heterocycles. The predicted octanol–water partition coefficient (Wildman–Crippen LogP) is 4.51. The van der Waals surface area contributed by atoms with Crippen LogP contribution in [0.25, 0.3) is 11.0 Å². The van der Waals surface area contributed by atoms with Crippen LogP contribution in [0, 0.1) is 6.92 Å². The zero-order valence-corrected chi connectivity index (χ0v) is 22.7. The van der Waals surface area contributed by atoms with Crippen LogP contribution in [0.1, 0.15) is 41.5 Å². The molecule has 9 nitrogen and oxygen atoms in total. The molecular weight excluding hydrogens is 528 g/mol. The lowest BCUT2D eigenvalue weighted by Gasteiger charge is -2.24. The Labute approximate surface area is 225 Å². The first kappa shape index (κ1) is 26.1. The maximum absolute atomic E-state index is 13.6. The smallest absolute Gasteiger partial charge is 0.304 e. The number of benzene rings is 3. The van der Waals surface area contributed by atoms with Crippen LogP contribution in [0.15, 0.2) is 59.5 Å². The first-order chi connectivity index (χ1) is 18.1. The van der Waals surface area contributed by atoms with E-state index in [1.807, 2.05) is 26.0 Å². The number of aryl methyl sites for hydroxylation is 2. The molecule has 0 bridgehead atoms. The van der Waals surface area contributed by atoms with Gasteiger partial charge in [-0.15, -0.1) is 5.10 Å². The van der Waals surface area contributed by atoms with Gasteiger partial charge >= 0.3 is 5.97 Å². The first-order valence-electron chi connectivity index (χ1n) is 12.1. The van der Waals surface area contributed by atoms with Gasteiger partial charge in [0.05, 0.1) is 18.5 Å². The maximum atomic E-state index is 13.6. The van der Waals surface area contributed by atoms with E-state index in [9.17, 15) is 18.3 Å². The fraction of sp³-hybridized carbons (Fsp3) is 0.296. The van der Waals surface area contributed by atoms with Crippen LogP contribution >= 0.6 is 11.6 Å². The number of hydrogen-bond acceptors (Lipinski definition) is 6. The van der Waals surface area contributed by atoms with Crippen molar-refractivity contribution in [2.24, 2.45) is 7.05 Å². The molecule has 1 unspecified atom stereocenters. The van der Waals surface area contributed by atoms with Crippen LogP contribution in [0.2, 0.25) is 5.02 Å². The van der Waals surface area contributed by atoms with E-state index >= 15 is 0 Å². The van der Waals surface area contributed by atoms with E-state index in [2.05, 4.69) is 10.3 Å². The fourth-order valence-corrected chi connectivity index (χ4v) is 6.81. The molecule has 5 rings (SSSR count). The lowest BCUT2D eigenvalue weighted by Crippen LogP contribution is -2.35. The van der Waals surface area contributed by atoms with Crippen molar-refractivity contribution in [2.45, 2.75) is 43.7 Å². The van der Waals surface area contributed by atoms with Crippen LogP contribution in [0.3, 0.4) is 0 Å². The van der Waals surface area contributed by atoms with E-state index in [0.717, 1.165) is 22.2 Å². The van der Waals surface area contributed by atoms with Gasteiger partial charge in [-0.05, 0) is 60.4 Å². The Hall–Kier alpha value is -3.47. The Morgan fingerprint density at radius 3 is 2.74 bits per heavy atom. The van der Waals surface area contributed by atoms with E-state index in [4.69, 9.17) is 16.3 Å². The Bertz CT molecular complexity index is 1650. The summed E-state index contributed by atoms with van der Waals surface area (Å²) in [7, 11) is -2.06. The standard InChI is InChI=1S/C27H27ClN4O5S/c1-16-14-32(38(35,36)25-7-5-4-6-24(25)37-16)15-19-12-18(8-10-22(19)28)21(13-26(33)34)20-9-11-23-27(17(20)2)29-30-31(23)3/h4-12,16,21H,13-15H2,1-3H3,(H,33,34)/t16-,21?/m1/s1. The lowest BCUT2D eigenvalue weighted by molar-refractivity contribution is -0.137. The van der Waals surface area contributed by atoms with Crippen LogP contribution in [0.4, 0.5) is 0 Å². The molecule has 0 saturated carbocycles. The highest BCUT2D eigenvalue weighted by atomic mass is 35.5. The van der Waals surface area contributed by atoms with Gasteiger partial charge in [-0.1, -0.05) is 47.1 Å². The van der Waals surface area contributed by atoms with Crippen molar-refractivity contribution in [3.05, 3.63) is 81.9 Å². The second-order valence-electron chi connectivity index (χ2n) is 9.53. The van der Waals surface area contributed by atoms with Crippen molar-refractivity contribution in [3.63, 3.8) is 0 Å². The van der Waals surface area contributed by atoms with E-state index in [0.29, 0.717) is 21.9 Å². The highest BCUT2D eigenvalue weighted by Gasteiger charge is 2.34. The molecule has 0 spiro atoms. The number of halogens is 1. The second-order valence-corrected chi connectivity index (χ2v) is 11.8. The third kappa shape index (κ3) is 4.75. The second kappa shape index (κ2) is 10.0. The molecule has 1 aliphatic heterocycles. The normalized spacial score (nSPS) is 17.9. The van der Waals surface area contributed by atoms with Crippen LogP contribution in [0.5, 0.6) is 5.75 Å². The molecule has 0 fully saturated rings. The SMILES string of the molecule is Cc1c(C(CC(=O)O)c2ccc(Cl)c(CN3C[C@@H](C)Oc4ccccc4S3(=O)=O)c2)ccc2c1nnn2C. The van der Waals surface area contributed by atoms with Crippen molar-refractivity contribution in [1.82, 2.24) is 19.3 Å². The number of sulfonamides is 1. The zero-order chi connectivity index (χ0) is 27.2. The number of carbonyl (C=O) groups is 1. The number of hydrogen-bond donors (Lipinski definition) is 1. The van der Waals surface area contributed by atoms with E-state index in [1.165, 1.54) is 10.4 Å². The summed E-state index contributed by atoms with van der Waals surface area (Å²) in [4.78, 5) is 12.0. The summed E-state index contributed by atoms with van der Waals surface area (Å²) in [5.41, 5.74) is 4.50. The molecule has 198 valence electrons. The molecule has 11 heteroatoms. The Kier molecular flexibility index (Phi) is 6.89. The topological polar surface area (TPSA) is 115 Å². The highest BCUT2D eigenvalue weighted by molar-refractivity contribution is 7.89. The van der Waals surface area contributed by atoms with Gasteiger partial charge in [0.15, 0.2) is 0 Å². The first-order valence-corrected chi connectivity index (χ1v) is 13.9. The van der Waals surface area contributed by atoms with Gasteiger partial charge in [0.1, 0.15) is 22.3 Å². The molecule has 4 aromatic rings. The molecule has 1 aliphatic rings. The molecule has 0 amide bonds. The summed E-state index contributed by atoms with van der Waals surface area (Å²) in [5.74, 6) is -1.14. The predicted molar refractivity (Wildman–Crippen MR) is 143 cm³/mol. The van der Waals surface area contributed by atoms with Gasteiger partial charge in [-0.25, -0.2) is 13.1 Å². The average molecular weight is 555 g/mol. The minimum Gasteiger partial charge on any atom is -0.488 e. The molecular formula is C27H27ClN4O5S. The molecule has 0 aliphatic carbocycles.